The molecule has 2 aliphatic rings. The number of carbonyl (C=O) groups is 2. The Hall–Kier alpha value is -2.35. The molecule has 2 unspecified atom stereocenters. The van der Waals surface area contributed by atoms with Gasteiger partial charge in [0.1, 0.15) is 10.8 Å². The molecule has 0 radical (unpaired) electrons. The lowest BCUT2D eigenvalue weighted by Crippen LogP contribution is -2.58. The molecule has 1 aliphatic carbocycles. The maximum atomic E-state index is 13.4. The second-order valence-electron chi connectivity index (χ2n) is 8.94. The van der Waals surface area contributed by atoms with Crippen molar-refractivity contribution in [3.63, 3.8) is 0 Å². The standard InChI is InChI=1S/C25H23ClN2O3S2/c1-24(10-11-24)15-31-21-8-4-7-20(27-21)25(16-9-12-32-14-16)13-18(29)22(23(30)28-25)33-19-6-3-2-5-17(19)26/h2-9,12,14,22H,10-11,13,15H2,1H3,(H,28,30). The summed E-state index contributed by atoms with van der Waals surface area (Å²) >= 11 is 8.97. The lowest BCUT2D eigenvalue weighted by molar-refractivity contribution is -0.133. The van der Waals surface area contributed by atoms with E-state index in [1.54, 1.807) is 6.07 Å². The molecule has 170 valence electrons. The molecule has 1 aromatic carbocycles. The predicted octanol–water partition coefficient (Wildman–Crippen LogP) is 5.47. The highest BCUT2D eigenvalue weighted by atomic mass is 35.5. The number of ketones is 1. The molecule has 1 saturated heterocycles. The van der Waals surface area contributed by atoms with Crippen molar-refractivity contribution in [2.45, 2.75) is 41.9 Å². The van der Waals surface area contributed by atoms with Gasteiger partial charge in [0, 0.05) is 22.8 Å². The van der Waals surface area contributed by atoms with Crippen LogP contribution >= 0.6 is 34.7 Å². The molecule has 1 N–H and O–H groups in total. The number of Topliss-reactive ketones (excluding diaryl/α,β-unsaturated/α-hetero) is 1. The van der Waals surface area contributed by atoms with E-state index in [0.29, 0.717) is 28.1 Å². The molecule has 33 heavy (non-hydrogen) atoms. The van der Waals surface area contributed by atoms with E-state index >= 15 is 0 Å². The molecule has 0 spiro atoms. The summed E-state index contributed by atoms with van der Waals surface area (Å²) in [6.07, 6.45) is 2.41. The first kappa shape index (κ1) is 22.4. The molecule has 3 aromatic rings. The molecule has 2 atom stereocenters. The lowest BCUT2D eigenvalue weighted by Gasteiger charge is -2.39. The number of nitrogens with zero attached hydrogens (tertiary/aromatic N) is 1. The number of hydrogen-bond donors (Lipinski definition) is 1. The summed E-state index contributed by atoms with van der Waals surface area (Å²) in [5.41, 5.74) is 0.631. The third kappa shape index (κ3) is 4.54. The van der Waals surface area contributed by atoms with Gasteiger partial charge < -0.3 is 10.1 Å². The maximum Gasteiger partial charge on any atom is 0.242 e. The van der Waals surface area contributed by atoms with E-state index in [0.717, 1.165) is 18.4 Å². The molecule has 0 bridgehead atoms. The van der Waals surface area contributed by atoms with E-state index < -0.39 is 10.8 Å². The number of benzene rings is 1. The van der Waals surface area contributed by atoms with Gasteiger partial charge in [0.25, 0.3) is 0 Å². The number of rotatable bonds is 7. The number of amides is 1. The van der Waals surface area contributed by atoms with E-state index in [-0.39, 0.29) is 23.5 Å². The molecule has 3 heterocycles. The van der Waals surface area contributed by atoms with Gasteiger partial charge in [0.15, 0.2) is 5.78 Å². The van der Waals surface area contributed by atoms with Crippen LogP contribution in [-0.2, 0) is 15.1 Å². The number of hydrogen-bond acceptors (Lipinski definition) is 6. The largest absolute Gasteiger partial charge is 0.477 e. The Balaban J connectivity index is 1.45. The van der Waals surface area contributed by atoms with Crippen molar-refractivity contribution in [1.29, 1.82) is 0 Å². The minimum absolute atomic E-state index is 0.103. The van der Waals surface area contributed by atoms with Crippen molar-refractivity contribution >= 4 is 46.4 Å². The third-order valence-corrected chi connectivity index (χ3v) is 8.68. The Morgan fingerprint density at radius 1 is 1.18 bits per heavy atom. The first-order chi connectivity index (χ1) is 15.9. The molecule has 2 fully saturated rings. The highest BCUT2D eigenvalue weighted by Gasteiger charge is 2.48. The van der Waals surface area contributed by atoms with Crippen LogP contribution in [0.1, 0.15) is 37.4 Å². The Bertz CT molecular complexity index is 1180. The number of aromatic nitrogens is 1. The number of halogens is 1. The zero-order valence-corrected chi connectivity index (χ0v) is 20.4. The van der Waals surface area contributed by atoms with Crippen molar-refractivity contribution in [2.24, 2.45) is 5.41 Å². The highest BCUT2D eigenvalue weighted by Crippen LogP contribution is 2.45. The van der Waals surface area contributed by atoms with Crippen LogP contribution in [0.2, 0.25) is 5.02 Å². The van der Waals surface area contributed by atoms with Crippen molar-refractivity contribution < 1.29 is 14.3 Å². The van der Waals surface area contributed by atoms with E-state index in [1.807, 2.05) is 53.2 Å². The summed E-state index contributed by atoms with van der Waals surface area (Å²) < 4.78 is 5.97. The van der Waals surface area contributed by atoms with Gasteiger partial charge in [-0.1, -0.05) is 36.7 Å². The molecule has 1 saturated carbocycles. The van der Waals surface area contributed by atoms with Crippen LogP contribution in [0.15, 0.2) is 64.2 Å². The van der Waals surface area contributed by atoms with Gasteiger partial charge >= 0.3 is 0 Å². The molecular weight excluding hydrogens is 476 g/mol. The molecule has 2 aromatic heterocycles. The van der Waals surface area contributed by atoms with E-state index in [4.69, 9.17) is 21.3 Å². The minimum atomic E-state index is -1.03. The number of thiophene rings is 1. The van der Waals surface area contributed by atoms with Crippen LogP contribution in [0.3, 0.4) is 0 Å². The summed E-state index contributed by atoms with van der Waals surface area (Å²) in [5.74, 6) is -0.000964. The van der Waals surface area contributed by atoms with Crippen LogP contribution in [0.4, 0.5) is 0 Å². The summed E-state index contributed by atoms with van der Waals surface area (Å²) in [6.45, 7) is 2.80. The quantitative estimate of drug-likeness (QED) is 0.437. The average molecular weight is 499 g/mol. The van der Waals surface area contributed by atoms with E-state index in [2.05, 4.69) is 12.2 Å². The second kappa shape index (κ2) is 8.78. The smallest absolute Gasteiger partial charge is 0.242 e. The van der Waals surface area contributed by atoms with Crippen LogP contribution < -0.4 is 10.1 Å². The number of piperidine rings is 1. The van der Waals surface area contributed by atoms with Crippen LogP contribution in [0, 0.1) is 5.41 Å². The van der Waals surface area contributed by atoms with Crippen LogP contribution in [0.25, 0.3) is 0 Å². The van der Waals surface area contributed by atoms with Crippen molar-refractivity contribution in [3.05, 3.63) is 75.6 Å². The normalized spacial score (nSPS) is 23.8. The monoisotopic (exact) mass is 498 g/mol. The van der Waals surface area contributed by atoms with Gasteiger partial charge in [-0.25, -0.2) is 4.98 Å². The van der Waals surface area contributed by atoms with Gasteiger partial charge in [-0.3, -0.25) is 9.59 Å². The molecule has 5 nitrogen and oxygen atoms in total. The molecule has 1 amide bonds. The maximum absolute atomic E-state index is 13.4. The summed E-state index contributed by atoms with van der Waals surface area (Å²) in [4.78, 5) is 32.1. The number of pyridine rings is 1. The summed E-state index contributed by atoms with van der Waals surface area (Å²) in [6, 6.07) is 14.7. The van der Waals surface area contributed by atoms with Gasteiger partial charge in [-0.2, -0.15) is 11.3 Å². The Labute approximate surface area is 205 Å². The number of ether oxygens (including phenoxy) is 1. The molecule has 8 heteroatoms. The van der Waals surface area contributed by atoms with Crippen molar-refractivity contribution in [1.82, 2.24) is 10.3 Å². The number of nitrogens with one attached hydrogen (secondary N) is 1. The molecule has 5 rings (SSSR count). The van der Waals surface area contributed by atoms with Gasteiger partial charge in [0.05, 0.1) is 17.3 Å². The molecular formula is C25H23ClN2O3S2. The summed E-state index contributed by atoms with van der Waals surface area (Å²) in [5, 5.41) is 6.69. The first-order valence-corrected chi connectivity index (χ1v) is 13.0. The summed E-state index contributed by atoms with van der Waals surface area (Å²) in [7, 11) is 0. The van der Waals surface area contributed by atoms with Gasteiger partial charge in [-0.05, 0) is 53.4 Å². The number of thioether (sulfide) groups is 1. The third-order valence-electron chi connectivity index (χ3n) is 6.23. The predicted molar refractivity (Wildman–Crippen MR) is 131 cm³/mol. The Morgan fingerprint density at radius 3 is 2.70 bits per heavy atom. The van der Waals surface area contributed by atoms with E-state index in [9.17, 15) is 9.59 Å². The lowest BCUT2D eigenvalue weighted by atomic mass is 9.79. The fourth-order valence-electron chi connectivity index (χ4n) is 3.93. The van der Waals surface area contributed by atoms with Crippen LogP contribution in [0.5, 0.6) is 5.88 Å². The minimum Gasteiger partial charge on any atom is -0.477 e. The average Bonchev–Trinajstić information content (AvgIpc) is 3.29. The highest BCUT2D eigenvalue weighted by molar-refractivity contribution is 8.01. The fourth-order valence-corrected chi connectivity index (χ4v) is 5.90. The zero-order valence-electron chi connectivity index (χ0n) is 18.0. The van der Waals surface area contributed by atoms with Crippen molar-refractivity contribution in [2.75, 3.05) is 6.61 Å². The molecule has 1 aliphatic heterocycles. The first-order valence-electron chi connectivity index (χ1n) is 10.8. The van der Waals surface area contributed by atoms with Crippen molar-refractivity contribution in [3.8, 4) is 5.88 Å². The van der Waals surface area contributed by atoms with Gasteiger partial charge in [-0.15, -0.1) is 11.8 Å². The van der Waals surface area contributed by atoms with E-state index in [1.165, 1.54) is 23.1 Å². The zero-order chi connectivity index (χ0) is 23.1. The Kier molecular flexibility index (Phi) is 5.97. The van der Waals surface area contributed by atoms with Crippen LogP contribution in [-0.4, -0.2) is 28.5 Å². The number of carbonyl (C=O) groups excluding carboxylic acids is 2. The topological polar surface area (TPSA) is 68.3 Å². The second-order valence-corrected chi connectivity index (χ2v) is 11.3. The van der Waals surface area contributed by atoms with Gasteiger partial charge in [0.2, 0.25) is 11.8 Å². The SMILES string of the molecule is CC1(COc2cccc(C3(c4ccsc4)CC(=O)C(Sc4ccccc4Cl)C(=O)N3)n2)CC1. The fraction of sp³-hybridized carbons (Fsp3) is 0.320. The Morgan fingerprint density at radius 2 is 2.00 bits per heavy atom.